The summed E-state index contributed by atoms with van der Waals surface area (Å²) in [4.78, 5) is 0. The Morgan fingerprint density at radius 3 is 3.07 bits per heavy atom. The van der Waals surface area contributed by atoms with Crippen LogP contribution in [-0.4, -0.2) is 22.4 Å². The topological polar surface area (TPSA) is 29.9 Å². The molecular weight excluding hydrogens is 186 g/mol. The molecule has 0 radical (unpaired) electrons. The van der Waals surface area contributed by atoms with E-state index in [1.54, 1.807) is 0 Å². The van der Waals surface area contributed by atoms with Gasteiger partial charge < -0.3 is 5.32 Å². The molecule has 1 aliphatic rings. The Morgan fingerprint density at radius 2 is 2.47 bits per heavy atom. The van der Waals surface area contributed by atoms with E-state index < -0.39 is 0 Å². The van der Waals surface area contributed by atoms with E-state index in [1.807, 2.05) is 17.9 Å². The van der Waals surface area contributed by atoms with Crippen LogP contribution in [0.1, 0.15) is 31.7 Å². The Morgan fingerprint density at radius 1 is 1.67 bits per heavy atom. The molecule has 1 aliphatic carbocycles. The van der Waals surface area contributed by atoms with E-state index in [4.69, 9.17) is 0 Å². The first-order valence-corrected chi connectivity index (χ1v) is 5.65. The summed E-state index contributed by atoms with van der Waals surface area (Å²) in [6, 6.07) is 0.817. The molecule has 3 nitrogen and oxygen atoms in total. The average molecular weight is 205 g/mol. The van der Waals surface area contributed by atoms with Crippen molar-refractivity contribution in [3.63, 3.8) is 0 Å². The molecule has 1 saturated carbocycles. The SMILES string of the molecule is CC(=CCCNC1CC1)c1cnn(C)c1. The average Bonchev–Trinajstić information content (AvgIpc) is 2.94. The van der Waals surface area contributed by atoms with Gasteiger partial charge in [0.05, 0.1) is 6.20 Å². The number of hydrogen-bond acceptors (Lipinski definition) is 2. The smallest absolute Gasteiger partial charge is 0.0564 e. The van der Waals surface area contributed by atoms with Crippen LogP contribution in [0, 0.1) is 0 Å². The Balaban J connectivity index is 1.78. The highest BCUT2D eigenvalue weighted by Gasteiger charge is 2.19. The molecule has 1 fully saturated rings. The molecule has 0 amide bonds. The zero-order valence-electron chi connectivity index (χ0n) is 9.53. The first-order valence-electron chi connectivity index (χ1n) is 5.65. The van der Waals surface area contributed by atoms with Gasteiger partial charge in [-0.2, -0.15) is 5.10 Å². The van der Waals surface area contributed by atoms with Gasteiger partial charge in [-0.1, -0.05) is 6.08 Å². The summed E-state index contributed by atoms with van der Waals surface area (Å²) in [5.74, 6) is 0. The highest BCUT2D eigenvalue weighted by molar-refractivity contribution is 5.62. The van der Waals surface area contributed by atoms with Gasteiger partial charge in [0.15, 0.2) is 0 Å². The van der Waals surface area contributed by atoms with Crippen molar-refractivity contribution in [2.24, 2.45) is 7.05 Å². The summed E-state index contributed by atoms with van der Waals surface area (Å²) >= 11 is 0. The fourth-order valence-electron chi connectivity index (χ4n) is 1.61. The predicted molar refractivity (Wildman–Crippen MR) is 62.5 cm³/mol. The van der Waals surface area contributed by atoms with Crippen LogP contribution in [0.25, 0.3) is 5.57 Å². The number of nitrogens with one attached hydrogen (secondary N) is 1. The van der Waals surface area contributed by atoms with Gasteiger partial charge in [-0.25, -0.2) is 0 Å². The number of aromatic nitrogens is 2. The standard InChI is InChI=1S/C12H19N3/c1-10(11-8-14-15(2)9-11)4-3-7-13-12-5-6-12/h4,8-9,12-13H,3,5-7H2,1-2H3. The van der Waals surface area contributed by atoms with Crippen molar-refractivity contribution in [2.45, 2.75) is 32.2 Å². The maximum absolute atomic E-state index is 4.16. The lowest BCUT2D eigenvalue weighted by Crippen LogP contribution is -2.16. The summed E-state index contributed by atoms with van der Waals surface area (Å²) in [5.41, 5.74) is 2.55. The number of aryl methyl sites for hydroxylation is 1. The molecule has 0 spiro atoms. The zero-order valence-corrected chi connectivity index (χ0v) is 9.53. The van der Waals surface area contributed by atoms with Crippen molar-refractivity contribution < 1.29 is 0 Å². The van der Waals surface area contributed by atoms with Crippen LogP contribution in [-0.2, 0) is 7.05 Å². The lowest BCUT2D eigenvalue weighted by molar-refractivity contribution is 0.690. The second-order valence-electron chi connectivity index (χ2n) is 4.31. The third kappa shape index (κ3) is 3.20. The summed E-state index contributed by atoms with van der Waals surface area (Å²) in [6.45, 7) is 3.25. The van der Waals surface area contributed by atoms with Gasteiger partial charge >= 0.3 is 0 Å². The Bertz CT molecular complexity index is 348. The van der Waals surface area contributed by atoms with Crippen LogP contribution in [0.2, 0.25) is 0 Å². The van der Waals surface area contributed by atoms with Crippen LogP contribution in [0.3, 0.4) is 0 Å². The fraction of sp³-hybridized carbons (Fsp3) is 0.583. The van der Waals surface area contributed by atoms with Crippen LogP contribution < -0.4 is 5.32 Å². The van der Waals surface area contributed by atoms with E-state index in [9.17, 15) is 0 Å². The molecule has 0 atom stereocenters. The first-order chi connectivity index (χ1) is 7.25. The second kappa shape index (κ2) is 4.62. The highest BCUT2D eigenvalue weighted by Crippen LogP contribution is 2.18. The maximum atomic E-state index is 4.16. The quantitative estimate of drug-likeness (QED) is 0.745. The van der Waals surface area contributed by atoms with Crippen LogP contribution in [0.4, 0.5) is 0 Å². The lowest BCUT2D eigenvalue weighted by Gasteiger charge is -2.00. The molecule has 2 rings (SSSR count). The van der Waals surface area contributed by atoms with Crippen molar-refractivity contribution in [1.29, 1.82) is 0 Å². The second-order valence-corrected chi connectivity index (χ2v) is 4.31. The number of nitrogens with zero attached hydrogens (tertiary/aromatic N) is 2. The molecule has 0 aromatic carbocycles. The molecule has 0 bridgehead atoms. The van der Waals surface area contributed by atoms with Crippen LogP contribution >= 0.6 is 0 Å². The van der Waals surface area contributed by atoms with Crippen molar-refractivity contribution in [3.8, 4) is 0 Å². The molecule has 15 heavy (non-hydrogen) atoms. The fourth-order valence-corrected chi connectivity index (χ4v) is 1.61. The number of allylic oxidation sites excluding steroid dienone is 1. The molecule has 0 aliphatic heterocycles. The summed E-state index contributed by atoms with van der Waals surface area (Å²) < 4.78 is 1.84. The van der Waals surface area contributed by atoms with Gasteiger partial charge in [-0.3, -0.25) is 4.68 Å². The van der Waals surface area contributed by atoms with E-state index in [0.717, 1.165) is 19.0 Å². The largest absolute Gasteiger partial charge is 0.314 e. The molecule has 1 heterocycles. The lowest BCUT2D eigenvalue weighted by atomic mass is 10.1. The van der Waals surface area contributed by atoms with Gasteiger partial charge in [-0.05, 0) is 38.3 Å². The molecule has 1 aromatic heterocycles. The third-order valence-corrected chi connectivity index (χ3v) is 2.77. The van der Waals surface area contributed by atoms with Crippen LogP contribution in [0.5, 0.6) is 0 Å². The van der Waals surface area contributed by atoms with Crippen molar-refractivity contribution >= 4 is 5.57 Å². The van der Waals surface area contributed by atoms with E-state index in [-0.39, 0.29) is 0 Å². The van der Waals surface area contributed by atoms with E-state index >= 15 is 0 Å². The minimum Gasteiger partial charge on any atom is -0.314 e. The van der Waals surface area contributed by atoms with Crippen molar-refractivity contribution in [1.82, 2.24) is 15.1 Å². The first kappa shape index (κ1) is 10.4. The molecule has 0 unspecified atom stereocenters. The number of hydrogen-bond donors (Lipinski definition) is 1. The van der Waals surface area contributed by atoms with Gasteiger partial charge in [-0.15, -0.1) is 0 Å². The van der Waals surface area contributed by atoms with E-state index in [0.29, 0.717) is 0 Å². The number of rotatable bonds is 5. The zero-order chi connectivity index (χ0) is 10.7. The third-order valence-electron chi connectivity index (χ3n) is 2.77. The minimum absolute atomic E-state index is 0.817. The van der Waals surface area contributed by atoms with Gasteiger partial charge in [0.25, 0.3) is 0 Å². The molecular formula is C12H19N3. The maximum Gasteiger partial charge on any atom is 0.0564 e. The van der Waals surface area contributed by atoms with Crippen molar-refractivity contribution in [2.75, 3.05) is 6.54 Å². The Labute approximate surface area is 91.2 Å². The minimum atomic E-state index is 0.817. The summed E-state index contributed by atoms with van der Waals surface area (Å²) in [6.07, 6.45) is 10.1. The van der Waals surface area contributed by atoms with E-state index in [1.165, 1.54) is 24.0 Å². The molecule has 3 heteroatoms. The molecule has 1 aromatic rings. The monoisotopic (exact) mass is 205 g/mol. The van der Waals surface area contributed by atoms with Crippen LogP contribution in [0.15, 0.2) is 18.5 Å². The predicted octanol–water partition coefficient (Wildman–Crippen LogP) is 1.97. The summed E-state index contributed by atoms with van der Waals surface area (Å²) in [7, 11) is 1.95. The summed E-state index contributed by atoms with van der Waals surface area (Å²) in [5, 5.41) is 7.67. The molecule has 82 valence electrons. The highest BCUT2D eigenvalue weighted by atomic mass is 15.2. The van der Waals surface area contributed by atoms with Crippen molar-refractivity contribution in [3.05, 3.63) is 24.0 Å². The molecule has 0 saturated heterocycles. The molecule has 1 N–H and O–H groups in total. The Hall–Kier alpha value is -1.09. The van der Waals surface area contributed by atoms with Gasteiger partial charge in [0.2, 0.25) is 0 Å². The normalized spacial score (nSPS) is 17.1. The van der Waals surface area contributed by atoms with E-state index in [2.05, 4.69) is 29.6 Å². The van der Waals surface area contributed by atoms with Gasteiger partial charge in [0, 0.05) is 24.8 Å². The van der Waals surface area contributed by atoms with Gasteiger partial charge in [0.1, 0.15) is 0 Å². The Kier molecular flexibility index (Phi) is 3.21.